The highest BCUT2D eigenvalue weighted by atomic mass is 32.2. The van der Waals surface area contributed by atoms with E-state index in [-0.39, 0.29) is 0 Å². The molecule has 7 heteroatoms. The van der Waals surface area contributed by atoms with Crippen molar-refractivity contribution in [3.63, 3.8) is 0 Å². The first-order chi connectivity index (χ1) is 9.74. The van der Waals surface area contributed by atoms with Gasteiger partial charge in [-0.3, -0.25) is 9.20 Å². The van der Waals surface area contributed by atoms with Crippen LogP contribution in [0.3, 0.4) is 0 Å². The third-order valence-corrected chi connectivity index (χ3v) is 4.21. The monoisotopic (exact) mass is 292 g/mol. The van der Waals surface area contributed by atoms with Gasteiger partial charge in [0.25, 0.3) is 0 Å². The zero-order valence-electron chi connectivity index (χ0n) is 10.9. The van der Waals surface area contributed by atoms with Crippen LogP contribution in [-0.4, -0.2) is 43.5 Å². The molecule has 0 bridgehead atoms. The number of carboxylic acids is 1. The van der Waals surface area contributed by atoms with Crippen molar-refractivity contribution in [2.24, 2.45) is 0 Å². The van der Waals surface area contributed by atoms with E-state index < -0.39 is 12.0 Å². The molecule has 2 heterocycles. The summed E-state index contributed by atoms with van der Waals surface area (Å²) in [6, 6.07) is 5.67. The van der Waals surface area contributed by atoms with Crippen LogP contribution in [0.4, 0.5) is 0 Å². The van der Waals surface area contributed by atoms with Crippen molar-refractivity contribution >= 4 is 23.4 Å². The molecule has 0 aliphatic heterocycles. The first-order valence-corrected chi connectivity index (χ1v) is 7.64. The van der Waals surface area contributed by atoms with Gasteiger partial charge in [0.2, 0.25) is 0 Å². The molecule has 1 aliphatic rings. The Balaban J connectivity index is 1.57. The molecule has 0 spiro atoms. The lowest BCUT2D eigenvalue weighted by Gasteiger charge is -2.12. The summed E-state index contributed by atoms with van der Waals surface area (Å²) in [7, 11) is 0. The summed E-state index contributed by atoms with van der Waals surface area (Å²) >= 11 is 1.54. The molecular formula is C13H16N4O2S. The van der Waals surface area contributed by atoms with Gasteiger partial charge in [-0.15, -0.1) is 10.2 Å². The van der Waals surface area contributed by atoms with Gasteiger partial charge in [-0.25, -0.2) is 0 Å². The summed E-state index contributed by atoms with van der Waals surface area (Å²) in [4.78, 5) is 11.2. The number of pyridine rings is 1. The molecule has 3 rings (SSSR count). The first-order valence-electron chi connectivity index (χ1n) is 6.65. The summed E-state index contributed by atoms with van der Waals surface area (Å²) in [5.41, 5.74) is 0.806. The number of nitrogens with one attached hydrogen (secondary N) is 1. The van der Waals surface area contributed by atoms with E-state index >= 15 is 0 Å². The van der Waals surface area contributed by atoms with E-state index in [0.29, 0.717) is 18.2 Å². The average Bonchev–Trinajstić information content (AvgIpc) is 3.17. The summed E-state index contributed by atoms with van der Waals surface area (Å²) < 4.78 is 1.91. The minimum absolute atomic E-state index is 0.398. The van der Waals surface area contributed by atoms with E-state index in [0.717, 1.165) is 23.6 Å². The Labute approximate surface area is 120 Å². The van der Waals surface area contributed by atoms with Crippen LogP contribution in [-0.2, 0) is 4.79 Å². The number of carbonyl (C=O) groups is 1. The Morgan fingerprint density at radius 2 is 2.35 bits per heavy atom. The largest absolute Gasteiger partial charge is 0.480 e. The summed E-state index contributed by atoms with van der Waals surface area (Å²) in [6.45, 7) is 0. The number of hydrogen-bond acceptors (Lipinski definition) is 5. The maximum Gasteiger partial charge on any atom is 0.320 e. The van der Waals surface area contributed by atoms with E-state index in [4.69, 9.17) is 0 Å². The number of nitrogens with zero attached hydrogens (tertiary/aromatic N) is 3. The lowest BCUT2D eigenvalue weighted by atomic mass is 10.2. The Hall–Kier alpha value is -1.60. The second-order valence-corrected chi connectivity index (χ2v) is 5.94. The average molecular weight is 292 g/mol. The minimum Gasteiger partial charge on any atom is -0.480 e. The predicted molar refractivity (Wildman–Crippen MR) is 75.9 cm³/mol. The molecule has 1 atom stereocenters. The summed E-state index contributed by atoms with van der Waals surface area (Å²) in [5.74, 6) is -0.0737. The topological polar surface area (TPSA) is 79.5 Å². The number of rotatable bonds is 7. The van der Waals surface area contributed by atoms with E-state index in [1.807, 2.05) is 28.8 Å². The zero-order valence-corrected chi connectivity index (χ0v) is 11.7. The van der Waals surface area contributed by atoms with Crippen LogP contribution in [0.25, 0.3) is 5.65 Å². The SMILES string of the molecule is O=C(O)C(CCSc1nnc2ccccn12)NC1CC1. The summed E-state index contributed by atoms with van der Waals surface area (Å²) in [5, 5.41) is 21.3. The van der Waals surface area contributed by atoms with Crippen LogP contribution in [0.1, 0.15) is 19.3 Å². The molecule has 106 valence electrons. The highest BCUT2D eigenvalue weighted by molar-refractivity contribution is 7.99. The van der Waals surface area contributed by atoms with Crippen LogP contribution in [0, 0.1) is 0 Å². The number of aliphatic carboxylic acids is 1. The van der Waals surface area contributed by atoms with Crippen molar-refractivity contribution in [1.82, 2.24) is 19.9 Å². The molecule has 1 saturated carbocycles. The van der Waals surface area contributed by atoms with Crippen molar-refractivity contribution in [3.8, 4) is 0 Å². The molecule has 2 aromatic rings. The van der Waals surface area contributed by atoms with Crippen LogP contribution in [0.15, 0.2) is 29.6 Å². The van der Waals surface area contributed by atoms with E-state index in [1.165, 1.54) is 11.8 Å². The minimum atomic E-state index is -0.774. The molecule has 0 radical (unpaired) electrons. The van der Waals surface area contributed by atoms with Crippen LogP contribution < -0.4 is 5.32 Å². The smallest absolute Gasteiger partial charge is 0.320 e. The van der Waals surface area contributed by atoms with Crippen molar-refractivity contribution < 1.29 is 9.90 Å². The molecule has 0 aromatic carbocycles. The molecule has 0 saturated heterocycles. The quantitative estimate of drug-likeness (QED) is 0.751. The molecule has 1 aliphatic carbocycles. The van der Waals surface area contributed by atoms with Gasteiger partial charge in [0.15, 0.2) is 10.8 Å². The van der Waals surface area contributed by atoms with Crippen LogP contribution in [0.5, 0.6) is 0 Å². The molecule has 6 nitrogen and oxygen atoms in total. The first kappa shape index (κ1) is 13.4. The van der Waals surface area contributed by atoms with E-state index in [9.17, 15) is 9.90 Å². The van der Waals surface area contributed by atoms with E-state index in [2.05, 4.69) is 15.5 Å². The van der Waals surface area contributed by atoms with Gasteiger partial charge in [0.05, 0.1) is 0 Å². The predicted octanol–water partition coefficient (Wildman–Crippen LogP) is 1.42. The Morgan fingerprint density at radius 1 is 1.50 bits per heavy atom. The number of carboxylic acid groups (broad SMARTS) is 1. The van der Waals surface area contributed by atoms with Gasteiger partial charge < -0.3 is 10.4 Å². The Morgan fingerprint density at radius 3 is 3.10 bits per heavy atom. The molecule has 20 heavy (non-hydrogen) atoms. The fraction of sp³-hybridized carbons (Fsp3) is 0.462. The van der Waals surface area contributed by atoms with Crippen molar-refractivity contribution in [3.05, 3.63) is 24.4 Å². The molecule has 1 unspecified atom stereocenters. The van der Waals surface area contributed by atoms with Crippen molar-refractivity contribution in [2.45, 2.75) is 36.5 Å². The third kappa shape index (κ3) is 3.10. The number of thioether (sulfide) groups is 1. The summed E-state index contributed by atoms with van der Waals surface area (Å²) in [6.07, 6.45) is 4.67. The van der Waals surface area contributed by atoms with E-state index in [1.54, 1.807) is 0 Å². The fourth-order valence-electron chi connectivity index (χ4n) is 2.00. The Kier molecular flexibility index (Phi) is 3.88. The maximum absolute atomic E-state index is 11.2. The van der Waals surface area contributed by atoms with Crippen LogP contribution >= 0.6 is 11.8 Å². The molecule has 2 N–H and O–H groups in total. The number of aromatic nitrogens is 3. The van der Waals surface area contributed by atoms with Gasteiger partial charge in [0.1, 0.15) is 6.04 Å². The lowest BCUT2D eigenvalue weighted by molar-refractivity contribution is -0.139. The molecule has 1 fully saturated rings. The van der Waals surface area contributed by atoms with Gasteiger partial charge in [0, 0.05) is 18.0 Å². The Bertz CT molecular complexity index is 611. The lowest BCUT2D eigenvalue weighted by Crippen LogP contribution is -2.38. The van der Waals surface area contributed by atoms with Gasteiger partial charge >= 0.3 is 5.97 Å². The zero-order chi connectivity index (χ0) is 13.9. The molecular weight excluding hydrogens is 276 g/mol. The molecule has 0 amide bonds. The normalized spacial score (nSPS) is 16.4. The second-order valence-electron chi connectivity index (χ2n) is 4.88. The standard InChI is InChI=1S/C13H16N4O2S/c18-12(19)10(14-9-4-5-9)6-8-20-13-16-15-11-3-1-2-7-17(11)13/h1-3,7,9-10,14H,4-6,8H2,(H,18,19). The highest BCUT2D eigenvalue weighted by Crippen LogP contribution is 2.22. The number of hydrogen-bond donors (Lipinski definition) is 2. The number of fused-ring (bicyclic) bond motifs is 1. The molecule has 2 aromatic heterocycles. The van der Waals surface area contributed by atoms with Crippen LogP contribution in [0.2, 0.25) is 0 Å². The second kappa shape index (κ2) is 5.80. The van der Waals surface area contributed by atoms with Gasteiger partial charge in [-0.2, -0.15) is 0 Å². The van der Waals surface area contributed by atoms with Crippen molar-refractivity contribution in [1.29, 1.82) is 0 Å². The fourth-order valence-corrected chi connectivity index (χ4v) is 2.93. The third-order valence-electron chi connectivity index (χ3n) is 3.23. The highest BCUT2D eigenvalue weighted by Gasteiger charge is 2.27. The van der Waals surface area contributed by atoms with Gasteiger partial charge in [-0.05, 0) is 31.4 Å². The van der Waals surface area contributed by atoms with Gasteiger partial charge in [-0.1, -0.05) is 17.8 Å². The van der Waals surface area contributed by atoms with Crippen molar-refractivity contribution in [2.75, 3.05) is 5.75 Å². The maximum atomic E-state index is 11.2.